The largest absolute Gasteiger partial charge is 0.497 e. The van der Waals surface area contributed by atoms with Crippen LogP contribution in [0.4, 0.5) is 19.0 Å². The molecule has 1 unspecified atom stereocenters. The fourth-order valence-electron chi connectivity index (χ4n) is 4.71. The SMILES string of the molecule is COc1cccc(C(C(=O)N(C)CCCC2CCN(c3ncc(C(=O)N(C)C)cc3Cl)CC2)C(F)(F)F)c1. The molecule has 2 aromatic rings. The quantitative estimate of drug-likeness (QED) is 0.424. The number of nitrogens with zero attached hydrogens (tertiary/aromatic N) is 4. The minimum Gasteiger partial charge on any atom is -0.497 e. The van der Waals surface area contributed by atoms with Gasteiger partial charge in [-0.15, -0.1) is 0 Å². The topological polar surface area (TPSA) is 66.0 Å². The molecule has 1 atom stereocenters. The van der Waals surface area contributed by atoms with Crippen LogP contribution in [0.5, 0.6) is 5.75 Å². The third kappa shape index (κ3) is 7.30. The van der Waals surface area contributed by atoms with E-state index < -0.39 is 18.0 Å². The van der Waals surface area contributed by atoms with Gasteiger partial charge in [0.15, 0.2) is 5.92 Å². The Hall–Kier alpha value is -3.01. The summed E-state index contributed by atoms with van der Waals surface area (Å²) in [6, 6.07) is 7.18. The molecule has 0 bridgehead atoms. The van der Waals surface area contributed by atoms with Gasteiger partial charge in [-0.2, -0.15) is 13.2 Å². The number of piperidine rings is 1. The zero-order valence-corrected chi connectivity index (χ0v) is 22.8. The molecule has 1 aliphatic heterocycles. The lowest BCUT2D eigenvalue weighted by Gasteiger charge is -2.33. The summed E-state index contributed by atoms with van der Waals surface area (Å²) in [5, 5.41) is 0.423. The molecule has 1 saturated heterocycles. The van der Waals surface area contributed by atoms with Crippen molar-refractivity contribution in [3.05, 3.63) is 52.7 Å². The first-order valence-electron chi connectivity index (χ1n) is 12.5. The maximum Gasteiger partial charge on any atom is 0.404 e. The molecule has 0 saturated carbocycles. The Kier molecular flexibility index (Phi) is 9.87. The molecule has 3 rings (SSSR count). The van der Waals surface area contributed by atoms with Crippen LogP contribution in [-0.2, 0) is 4.79 Å². The number of rotatable bonds is 9. The highest BCUT2D eigenvalue weighted by Gasteiger charge is 2.47. The lowest BCUT2D eigenvalue weighted by molar-refractivity contribution is -0.171. The Morgan fingerprint density at radius 1 is 1.18 bits per heavy atom. The first-order chi connectivity index (χ1) is 17.9. The van der Waals surface area contributed by atoms with Gasteiger partial charge in [0.2, 0.25) is 5.91 Å². The summed E-state index contributed by atoms with van der Waals surface area (Å²) in [4.78, 5) is 34.1. The highest BCUT2D eigenvalue weighted by Crippen LogP contribution is 2.37. The summed E-state index contributed by atoms with van der Waals surface area (Å²) >= 11 is 6.42. The van der Waals surface area contributed by atoms with E-state index in [0.717, 1.165) is 32.4 Å². The van der Waals surface area contributed by atoms with Crippen LogP contribution in [0, 0.1) is 5.92 Å². The van der Waals surface area contributed by atoms with Gasteiger partial charge >= 0.3 is 6.18 Å². The number of hydrogen-bond acceptors (Lipinski definition) is 5. The molecular weight excluding hydrogens is 521 g/mol. The number of pyridine rings is 1. The maximum absolute atomic E-state index is 13.8. The summed E-state index contributed by atoms with van der Waals surface area (Å²) in [5.41, 5.74) is 0.295. The Morgan fingerprint density at radius 2 is 1.87 bits per heavy atom. The number of likely N-dealkylation sites (N-methyl/N-ethyl adjacent to an activating group) is 1. The summed E-state index contributed by atoms with van der Waals surface area (Å²) in [6.45, 7) is 1.71. The number of benzene rings is 1. The third-order valence-electron chi connectivity index (χ3n) is 6.87. The Labute approximate surface area is 226 Å². The van der Waals surface area contributed by atoms with Crippen molar-refractivity contribution in [3.8, 4) is 5.75 Å². The van der Waals surface area contributed by atoms with Crippen molar-refractivity contribution in [2.24, 2.45) is 5.92 Å². The van der Waals surface area contributed by atoms with E-state index in [1.165, 1.54) is 48.4 Å². The predicted octanol–water partition coefficient (Wildman–Crippen LogP) is 5.25. The number of alkyl halides is 3. The second-order valence-electron chi connectivity index (χ2n) is 9.81. The van der Waals surface area contributed by atoms with Gasteiger partial charge < -0.3 is 19.4 Å². The zero-order valence-electron chi connectivity index (χ0n) is 22.1. The second kappa shape index (κ2) is 12.7. The fourth-order valence-corrected chi connectivity index (χ4v) is 5.00. The van der Waals surface area contributed by atoms with Crippen LogP contribution >= 0.6 is 11.6 Å². The lowest BCUT2D eigenvalue weighted by atomic mass is 9.92. The molecule has 0 radical (unpaired) electrons. The van der Waals surface area contributed by atoms with Crippen LogP contribution in [0.2, 0.25) is 5.02 Å². The van der Waals surface area contributed by atoms with Gasteiger partial charge in [-0.25, -0.2) is 4.98 Å². The second-order valence-corrected chi connectivity index (χ2v) is 10.2. The standard InChI is InChI=1S/C27H34ClF3N4O3/c1-33(2)25(36)20-16-22(28)24(32-17-20)35-13-10-18(11-14-35)7-6-12-34(3)26(37)23(27(29,30)31)19-8-5-9-21(15-19)38-4/h5,8-9,15-18,23H,6-7,10-14H2,1-4H3. The van der Waals surface area contributed by atoms with Gasteiger partial charge in [-0.1, -0.05) is 23.7 Å². The summed E-state index contributed by atoms with van der Waals surface area (Å²) in [5.74, 6) is -2.08. The van der Waals surface area contributed by atoms with Gasteiger partial charge in [-0.05, 0) is 55.4 Å². The molecule has 1 aliphatic rings. The van der Waals surface area contributed by atoms with Crippen molar-refractivity contribution in [2.75, 3.05) is 52.8 Å². The number of methoxy groups -OCH3 is 1. The van der Waals surface area contributed by atoms with E-state index >= 15 is 0 Å². The molecule has 1 aromatic carbocycles. The van der Waals surface area contributed by atoms with Gasteiger partial charge in [0.25, 0.3) is 5.91 Å². The van der Waals surface area contributed by atoms with E-state index in [4.69, 9.17) is 16.3 Å². The molecule has 2 amide bonds. The smallest absolute Gasteiger partial charge is 0.404 e. The molecule has 38 heavy (non-hydrogen) atoms. The van der Waals surface area contributed by atoms with Crippen LogP contribution in [0.15, 0.2) is 36.5 Å². The first kappa shape index (κ1) is 29.5. The van der Waals surface area contributed by atoms with Crippen LogP contribution in [-0.4, -0.2) is 80.7 Å². The molecular formula is C27H34ClF3N4O3. The third-order valence-corrected chi connectivity index (χ3v) is 7.15. The highest BCUT2D eigenvalue weighted by molar-refractivity contribution is 6.33. The normalized spacial score (nSPS) is 15.2. The van der Waals surface area contributed by atoms with E-state index in [2.05, 4.69) is 9.88 Å². The average Bonchev–Trinajstić information content (AvgIpc) is 2.88. The summed E-state index contributed by atoms with van der Waals surface area (Å²) in [6.07, 6.45) is -0.0131. The Bertz CT molecular complexity index is 1120. The molecule has 1 aromatic heterocycles. The molecule has 0 spiro atoms. The predicted molar refractivity (Wildman–Crippen MR) is 141 cm³/mol. The minimum absolute atomic E-state index is 0.132. The highest BCUT2D eigenvalue weighted by atomic mass is 35.5. The monoisotopic (exact) mass is 554 g/mol. The molecule has 7 nitrogen and oxygen atoms in total. The number of ether oxygens (including phenoxy) is 1. The average molecular weight is 555 g/mol. The van der Waals surface area contributed by atoms with E-state index in [0.29, 0.717) is 28.7 Å². The molecule has 208 valence electrons. The van der Waals surface area contributed by atoms with Crippen molar-refractivity contribution in [1.29, 1.82) is 0 Å². The number of aromatic nitrogens is 1. The van der Waals surface area contributed by atoms with Crippen LogP contribution in [0.1, 0.15) is 47.5 Å². The number of carbonyl (C=O) groups is 2. The fraction of sp³-hybridized carbons (Fsp3) is 0.519. The maximum atomic E-state index is 13.8. The number of carbonyl (C=O) groups excluding carboxylic acids is 2. The molecule has 2 heterocycles. The minimum atomic E-state index is -4.71. The van der Waals surface area contributed by atoms with Crippen molar-refractivity contribution in [2.45, 2.75) is 37.8 Å². The van der Waals surface area contributed by atoms with Gasteiger partial charge in [0.05, 0.1) is 17.7 Å². The van der Waals surface area contributed by atoms with Crippen LogP contribution < -0.4 is 9.64 Å². The van der Waals surface area contributed by atoms with Crippen molar-refractivity contribution < 1.29 is 27.5 Å². The van der Waals surface area contributed by atoms with E-state index in [1.54, 1.807) is 26.2 Å². The van der Waals surface area contributed by atoms with Gasteiger partial charge in [-0.3, -0.25) is 9.59 Å². The van der Waals surface area contributed by atoms with Crippen LogP contribution in [0.3, 0.4) is 0 Å². The number of amides is 2. The Morgan fingerprint density at radius 3 is 2.45 bits per heavy atom. The van der Waals surface area contributed by atoms with Gasteiger partial charge in [0.1, 0.15) is 11.6 Å². The van der Waals surface area contributed by atoms with Gasteiger partial charge in [0, 0.05) is 47.0 Å². The van der Waals surface area contributed by atoms with E-state index in [9.17, 15) is 22.8 Å². The van der Waals surface area contributed by atoms with E-state index in [1.807, 2.05) is 0 Å². The number of hydrogen-bond donors (Lipinski definition) is 0. The zero-order chi connectivity index (χ0) is 28.0. The first-order valence-corrected chi connectivity index (χ1v) is 12.9. The summed E-state index contributed by atoms with van der Waals surface area (Å²) < 4.78 is 46.6. The summed E-state index contributed by atoms with van der Waals surface area (Å²) in [7, 11) is 6.12. The lowest BCUT2D eigenvalue weighted by Crippen LogP contribution is -2.39. The molecule has 11 heteroatoms. The molecule has 1 fully saturated rings. The molecule has 0 aliphatic carbocycles. The number of halogens is 4. The molecule has 0 N–H and O–H groups in total. The van der Waals surface area contributed by atoms with Crippen molar-refractivity contribution in [1.82, 2.24) is 14.8 Å². The van der Waals surface area contributed by atoms with E-state index in [-0.39, 0.29) is 23.8 Å². The van der Waals surface area contributed by atoms with Crippen LogP contribution in [0.25, 0.3) is 0 Å². The number of anilines is 1. The Balaban J connectivity index is 1.51. The van der Waals surface area contributed by atoms with Crippen molar-refractivity contribution >= 4 is 29.2 Å². The van der Waals surface area contributed by atoms with Crippen molar-refractivity contribution in [3.63, 3.8) is 0 Å².